The number of benzene rings is 4. The van der Waals surface area contributed by atoms with E-state index >= 15 is 0 Å². The molecule has 3 atom stereocenters. The number of rotatable bonds is 8. The molecular weight excluding hydrogens is 652 g/mol. The molecule has 2 heterocycles. The third-order valence-electron chi connectivity index (χ3n) is 10.3. The second-order valence-electron chi connectivity index (χ2n) is 13.8. The molecule has 4 aromatic carbocycles. The summed E-state index contributed by atoms with van der Waals surface area (Å²) in [5.41, 5.74) is 3.98. The maximum Gasteiger partial charge on any atom is 0.246 e. The fraction of sp³-hybridized carbons (Fsp3) is 0.326. The Balaban J connectivity index is 1.30. The average Bonchev–Trinajstić information content (AvgIpc) is 3.64. The molecule has 0 saturated carbocycles. The van der Waals surface area contributed by atoms with Crippen LogP contribution in [0.1, 0.15) is 64.2 Å². The van der Waals surface area contributed by atoms with Crippen LogP contribution in [0.5, 0.6) is 0 Å². The van der Waals surface area contributed by atoms with Crippen molar-refractivity contribution in [2.75, 3.05) is 33.2 Å². The highest BCUT2D eigenvalue weighted by molar-refractivity contribution is 6.09. The summed E-state index contributed by atoms with van der Waals surface area (Å²) in [5, 5.41) is 3.01. The first kappa shape index (κ1) is 36.2. The van der Waals surface area contributed by atoms with Gasteiger partial charge >= 0.3 is 0 Å². The van der Waals surface area contributed by atoms with Gasteiger partial charge in [0.05, 0.1) is 6.54 Å². The first-order chi connectivity index (χ1) is 25.3. The van der Waals surface area contributed by atoms with Crippen molar-refractivity contribution in [3.63, 3.8) is 0 Å². The van der Waals surface area contributed by atoms with Gasteiger partial charge in [-0.2, -0.15) is 0 Å². The Bertz CT molecular complexity index is 1850. The van der Waals surface area contributed by atoms with Gasteiger partial charge in [-0.1, -0.05) is 115 Å². The van der Waals surface area contributed by atoms with E-state index in [1.807, 2.05) is 91.0 Å². The zero-order valence-electron chi connectivity index (χ0n) is 29.7. The number of likely N-dealkylation sites (N-methyl/N-ethyl adjacent to an activating group) is 1. The van der Waals surface area contributed by atoms with E-state index in [-0.39, 0.29) is 61.3 Å². The van der Waals surface area contributed by atoms with E-state index in [0.717, 1.165) is 16.7 Å². The van der Waals surface area contributed by atoms with Gasteiger partial charge in [0.1, 0.15) is 12.1 Å². The van der Waals surface area contributed by atoms with Gasteiger partial charge in [-0.05, 0) is 42.4 Å². The molecule has 0 bridgehead atoms. The predicted molar refractivity (Wildman–Crippen MR) is 199 cm³/mol. The Hall–Kier alpha value is -5.57. The molecule has 0 radical (unpaired) electrons. The second kappa shape index (κ2) is 17.1. The highest BCUT2D eigenvalue weighted by Crippen LogP contribution is 2.32. The topological polar surface area (TPSA) is 107 Å². The molecule has 0 spiro atoms. The number of fused-ring (bicyclic) bond motifs is 1. The SMILES string of the molecule is CN1C(=O)CCCCNC(=O)[C@H]2C[C@@H](c3ccccc3)CN2C(=O)CN(CCc2ccccc2)C(=O)[C@H]1Cc1ccc(C(=O)c2ccccc2)cc1. The fourth-order valence-corrected chi connectivity index (χ4v) is 7.21. The first-order valence-electron chi connectivity index (χ1n) is 18.2. The predicted octanol–water partition coefficient (Wildman–Crippen LogP) is 5.04. The van der Waals surface area contributed by atoms with E-state index in [1.54, 1.807) is 41.1 Å². The van der Waals surface area contributed by atoms with Gasteiger partial charge in [-0.15, -0.1) is 0 Å². The molecule has 0 unspecified atom stereocenters. The Morgan fingerprint density at radius 2 is 1.37 bits per heavy atom. The van der Waals surface area contributed by atoms with Crippen molar-refractivity contribution < 1.29 is 24.0 Å². The minimum atomic E-state index is -0.886. The van der Waals surface area contributed by atoms with Crippen LogP contribution in [-0.2, 0) is 32.0 Å². The van der Waals surface area contributed by atoms with Gasteiger partial charge in [-0.3, -0.25) is 24.0 Å². The Morgan fingerprint density at radius 3 is 2.06 bits per heavy atom. The third kappa shape index (κ3) is 8.83. The molecular formula is C43H46N4O5. The normalized spacial score (nSPS) is 20.6. The van der Waals surface area contributed by atoms with Gasteiger partial charge < -0.3 is 20.0 Å². The van der Waals surface area contributed by atoms with Gasteiger partial charge in [0.25, 0.3) is 0 Å². The quantitative estimate of drug-likeness (QED) is 0.260. The van der Waals surface area contributed by atoms with Gasteiger partial charge in [0.2, 0.25) is 23.6 Å². The van der Waals surface area contributed by atoms with E-state index in [9.17, 15) is 24.0 Å². The summed E-state index contributed by atoms with van der Waals surface area (Å²) in [6, 6.07) is 34.4. The summed E-state index contributed by atoms with van der Waals surface area (Å²) in [5.74, 6) is -1.14. The van der Waals surface area contributed by atoms with Crippen LogP contribution in [0.25, 0.3) is 0 Å². The third-order valence-corrected chi connectivity index (χ3v) is 10.3. The molecule has 2 saturated heterocycles. The van der Waals surface area contributed by atoms with Crippen molar-refractivity contribution in [1.82, 2.24) is 20.0 Å². The molecule has 0 aliphatic carbocycles. The van der Waals surface area contributed by atoms with E-state index < -0.39 is 12.1 Å². The molecule has 2 aliphatic rings. The number of nitrogens with zero attached hydrogens (tertiary/aromatic N) is 3. The number of hydrogen-bond acceptors (Lipinski definition) is 5. The van der Waals surface area contributed by atoms with Gasteiger partial charge in [-0.25, -0.2) is 0 Å². The van der Waals surface area contributed by atoms with Crippen molar-refractivity contribution in [1.29, 1.82) is 0 Å². The van der Waals surface area contributed by atoms with Crippen LogP contribution in [0.3, 0.4) is 0 Å². The number of carbonyl (C=O) groups is 5. The minimum Gasteiger partial charge on any atom is -0.354 e. The summed E-state index contributed by atoms with van der Waals surface area (Å²) in [6.07, 6.45) is 2.56. The Kier molecular flexibility index (Phi) is 11.9. The standard InChI is InChI=1S/C43H46N4O5/c1-45-38(27-32-20-22-35(23-21-32)41(50)34-17-9-4-10-18-34)43(52)46(26-24-31-13-5-2-6-14-31)30-40(49)47-29-36(33-15-7-3-8-16-33)28-37(47)42(51)44-25-12-11-19-39(45)48/h2-10,13-18,20-23,36-38H,11-12,19,24-30H2,1H3,(H,44,51)/t36-,37-,38-/m1/s1. The van der Waals surface area contributed by atoms with E-state index in [1.165, 1.54) is 4.90 Å². The summed E-state index contributed by atoms with van der Waals surface area (Å²) in [4.78, 5) is 74.0. The van der Waals surface area contributed by atoms with Crippen molar-refractivity contribution in [3.05, 3.63) is 143 Å². The zero-order valence-corrected chi connectivity index (χ0v) is 29.7. The maximum absolute atomic E-state index is 14.7. The number of amides is 4. The van der Waals surface area contributed by atoms with Crippen LogP contribution >= 0.6 is 0 Å². The zero-order chi connectivity index (χ0) is 36.5. The van der Waals surface area contributed by atoms with Crippen LogP contribution < -0.4 is 5.32 Å². The van der Waals surface area contributed by atoms with Crippen LogP contribution in [-0.4, -0.2) is 89.4 Å². The highest BCUT2D eigenvalue weighted by atomic mass is 16.2. The lowest BCUT2D eigenvalue weighted by molar-refractivity contribution is -0.148. The fourth-order valence-electron chi connectivity index (χ4n) is 7.21. The molecule has 2 fully saturated rings. The average molecular weight is 699 g/mol. The highest BCUT2D eigenvalue weighted by Gasteiger charge is 2.41. The van der Waals surface area contributed by atoms with Crippen LogP contribution in [0, 0.1) is 0 Å². The molecule has 268 valence electrons. The van der Waals surface area contributed by atoms with E-state index in [4.69, 9.17) is 0 Å². The number of carbonyl (C=O) groups excluding carboxylic acids is 5. The van der Waals surface area contributed by atoms with Crippen molar-refractivity contribution in [2.45, 2.75) is 56.5 Å². The van der Waals surface area contributed by atoms with Crippen LogP contribution in [0.2, 0.25) is 0 Å². The van der Waals surface area contributed by atoms with Crippen molar-refractivity contribution in [2.24, 2.45) is 0 Å². The lowest BCUT2D eigenvalue weighted by Gasteiger charge is -2.34. The Morgan fingerprint density at radius 1 is 0.731 bits per heavy atom. The smallest absolute Gasteiger partial charge is 0.246 e. The summed E-state index contributed by atoms with van der Waals surface area (Å²) < 4.78 is 0. The number of hydrogen-bond donors (Lipinski definition) is 1. The minimum absolute atomic E-state index is 0.0125. The molecule has 4 aromatic rings. The van der Waals surface area contributed by atoms with Gasteiger partial charge in [0.15, 0.2) is 5.78 Å². The molecule has 2 aliphatic heterocycles. The summed E-state index contributed by atoms with van der Waals surface area (Å²) in [7, 11) is 1.65. The molecule has 9 nitrogen and oxygen atoms in total. The van der Waals surface area contributed by atoms with E-state index in [2.05, 4.69) is 5.32 Å². The number of ketones is 1. The van der Waals surface area contributed by atoms with Crippen LogP contribution in [0.4, 0.5) is 0 Å². The van der Waals surface area contributed by atoms with Crippen molar-refractivity contribution in [3.8, 4) is 0 Å². The number of nitrogens with one attached hydrogen (secondary N) is 1. The lowest BCUT2D eigenvalue weighted by atomic mass is 9.96. The van der Waals surface area contributed by atoms with Crippen LogP contribution in [0.15, 0.2) is 115 Å². The van der Waals surface area contributed by atoms with Crippen molar-refractivity contribution >= 4 is 29.4 Å². The molecule has 6 rings (SSSR count). The summed E-state index contributed by atoms with van der Waals surface area (Å²) in [6.45, 7) is 0.798. The first-order valence-corrected chi connectivity index (χ1v) is 18.2. The molecule has 52 heavy (non-hydrogen) atoms. The molecule has 9 heteroatoms. The molecule has 0 aromatic heterocycles. The lowest BCUT2D eigenvalue weighted by Crippen LogP contribution is -2.54. The second-order valence-corrected chi connectivity index (χ2v) is 13.8. The molecule has 1 N–H and O–H groups in total. The maximum atomic E-state index is 14.7. The Labute approximate surface area is 305 Å². The largest absolute Gasteiger partial charge is 0.354 e. The van der Waals surface area contributed by atoms with E-state index in [0.29, 0.717) is 49.9 Å². The summed E-state index contributed by atoms with van der Waals surface area (Å²) >= 11 is 0. The molecule has 4 amide bonds. The monoisotopic (exact) mass is 698 g/mol. The van der Waals surface area contributed by atoms with Gasteiger partial charge in [0, 0.05) is 56.6 Å².